The number of nitrogens with zero attached hydrogens (tertiary/aromatic N) is 2. The van der Waals surface area contributed by atoms with Crippen molar-refractivity contribution in [2.24, 2.45) is 0 Å². The van der Waals surface area contributed by atoms with Crippen LogP contribution in [0.4, 0.5) is 0 Å². The van der Waals surface area contributed by atoms with Crippen molar-refractivity contribution in [3.05, 3.63) is 29.8 Å². The molecule has 0 aliphatic carbocycles. The average molecular weight is 334 g/mol. The zero-order chi connectivity index (χ0) is 17.5. The lowest BCUT2D eigenvalue weighted by molar-refractivity contribution is -0.135. The molecule has 1 aliphatic rings. The standard InChI is InChI=1S/C19H30N2O3/c1-15-13-20(14-16(2)21(15)10-11-23-3)19(22)9-8-17-6-5-7-18(12-17)24-4/h5-7,12,15-16H,8-11,13-14H2,1-4H3. The topological polar surface area (TPSA) is 42.0 Å². The SMILES string of the molecule is COCCN1C(C)CN(C(=O)CCc2cccc(OC)c2)CC1C. The summed E-state index contributed by atoms with van der Waals surface area (Å²) in [5.74, 6) is 1.08. The molecule has 2 rings (SSSR count). The third-order valence-electron chi connectivity index (χ3n) is 4.77. The molecule has 5 heteroatoms. The van der Waals surface area contributed by atoms with Crippen LogP contribution in [0, 0.1) is 0 Å². The van der Waals surface area contributed by atoms with Crippen LogP contribution < -0.4 is 4.74 Å². The normalized spacial score (nSPS) is 21.8. The fourth-order valence-corrected chi connectivity index (χ4v) is 3.44. The van der Waals surface area contributed by atoms with Gasteiger partial charge in [-0.1, -0.05) is 12.1 Å². The molecular weight excluding hydrogens is 304 g/mol. The molecule has 2 atom stereocenters. The van der Waals surface area contributed by atoms with Gasteiger partial charge in [-0.05, 0) is 38.0 Å². The van der Waals surface area contributed by atoms with Crippen molar-refractivity contribution in [3.8, 4) is 5.75 Å². The Kier molecular flexibility index (Phi) is 7.06. The highest BCUT2D eigenvalue weighted by atomic mass is 16.5. The predicted octanol–water partition coefficient (Wildman–Crippen LogP) is 2.20. The van der Waals surface area contributed by atoms with Crippen LogP contribution in [0.3, 0.4) is 0 Å². The lowest BCUT2D eigenvalue weighted by Gasteiger charge is -2.44. The fraction of sp³-hybridized carbons (Fsp3) is 0.632. The van der Waals surface area contributed by atoms with Gasteiger partial charge in [0.25, 0.3) is 0 Å². The third-order valence-corrected chi connectivity index (χ3v) is 4.77. The lowest BCUT2D eigenvalue weighted by atomic mass is 10.1. The first-order valence-corrected chi connectivity index (χ1v) is 8.70. The molecule has 24 heavy (non-hydrogen) atoms. The largest absolute Gasteiger partial charge is 0.497 e. The van der Waals surface area contributed by atoms with E-state index in [1.165, 1.54) is 0 Å². The number of methoxy groups -OCH3 is 2. The van der Waals surface area contributed by atoms with Crippen molar-refractivity contribution < 1.29 is 14.3 Å². The van der Waals surface area contributed by atoms with Gasteiger partial charge in [0, 0.05) is 45.2 Å². The molecule has 1 saturated heterocycles. The molecule has 0 aromatic heterocycles. The summed E-state index contributed by atoms with van der Waals surface area (Å²) in [4.78, 5) is 17.0. The number of hydrogen-bond donors (Lipinski definition) is 0. The highest BCUT2D eigenvalue weighted by Crippen LogP contribution is 2.18. The predicted molar refractivity (Wildman–Crippen MR) is 95.4 cm³/mol. The van der Waals surface area contributed by atoms with E-state index in [9.17, 15) is 4.79 Å². The van der Waals surface area contributed by atoms with Gasteiger partial charge in [0.15, 0.2) is 0 Å². The highest BCUT2D eigenvalue weighted by Gasteiger charge is 2.31. The van der Waals surface area contributed by atoms with Gasteiger partial charge in [0.2, 0.25) is 5.91 Å². The van der Waals surface area contributed by atoms with Gasteiger partial charge >= 0.3 is 0 Å². The van der Waals surface area contributed by atoms with E-state index in [0.717, 1.165) is 44.0 Å². The molecule has 1 aromatic rings. The maximum atomic E-state index is 12.6. The maximum Gasteiger partial charge on any atom is 0.223 e. The van der Waals surface area contributed by atoms with Crippen LogP contribution in [-0.2, 0) is 16.0 Å². The number of carbonyl (C=O) groups is 1. The van der Waals surface area contributed by atoms with E-state index in [-0.39, 0.29) is 5.91 Å². The first-order valence-electron chi connectivity index (χ1n) is 8.70. The fourth-order valence-electron chi connectivity index (χ4n) is 3.44. The van der Waals surface area contributed by atoms with Crippen molar-refractivity contribution in [3.63, 3.8) is 0 Å². The van der Waals surface area contributed by atoms with Gasteiger partial charge in [-0.15, -0.1) is 0 Å². The Hall–Kier alpha value is -1.59. The van der Waals surface area contributed by atoms with Crippen molar-refractivity contribution in [1.29, 1.82) is 0 Å². The van der Waals surface area contributed by atoms with Gasteiger partial charge in [0.1, 0.15) is 5.75 Å². The Balaban J connectivity index is 1.86. The minimum Gasteiger partial charge on any atom is -0.497 e. The number of ether oxygens (including phenoxy) is 2. The van der Waals surface area contributed by atoms with E-state index in [0.29, 0.717) is 18.5 Å². The van der Waals surface area contributed by atoms with Gasteiger partial charge in [-0.2, -0.15) is 0 Å². The number of rotatable bonds is 7. The molecule has 1 amide bonds. The summed E-state index contributed by atoms with van der Waals surface area (Å²) in [6.45, 7) is 7.63. The molecule has 1 aromatic carbocycles. The summed E-state index contributed by atoms with van der Waals surface area (Å²) in [7, 11) is 3.39. The van der Waals surface area contributed by atoms with Crippen LogP contribution in [0.1, 0.15) is 25.8 Å². The van der Waals surface area contributed by atoms with Crippen LogP contribution in [0.2, 0.25) is 0 Å². The Bertz CT molecular complexity index is 523. The average Bonchev–Trinajstić information content (AvgIpc) is 2.59. The molecule has 0 radical (unpaired) electrons. The molecule has 1 fully saturated rings. The van der Waals surface area contributed by atoms with Crippen molar-refractivity contribution in [2.45, 2.75) is 38.8 Å². The minimum absolute atomic E-state index is 0.239. The molecule has 1 heterocycles. The molecule has 0 bridgehead atoms. The van der Waals surface area contributed by atoms with Gasteiger partial charge in [-0.25, -0.2) is 0 Å². The smallest absolute Gasteiger partial charge is 0.223 e. The Labute approximate surface area is 145 Å². The minimum atomic E-state index is 0.239. The molecular formula is C19H30N2O3. The summed E-state index contributed by atoms with van der Waals surface area (Å²) in [5, 5.41) is 0. The highest BCUT2D eigenvalue weighted by molar-refractivity contribution is 5.76. The Morgan fingerprint density at radius 2 is 1.92 bits per heavy atom. The Morgan fingerprint density at radius 3 is 2.54 bits per heavy atom. The van der Waals surface area contributed by atoms with Crippen LogP contribution in [0.5, 0.6) is 5.75 Å². The molecule has 0 saturated carbocycles. The van der Waals surface area contributed by atoms with E-state index < -0.39 is 0 Å². The van der Waals surface area contributed by atoms with E-state index in [1.54, 1.807) is 14.2 Å². The molecule has 0 N–H and O–H groups in total. The van der Waals surface area contributed by atoms with E-state index in [4.69, 9.17) is 9.47 Å². The molecule has 0 spiro atoms. The van der Waals surface area contributed by atoms with Crippen LogP contribution in [0.15, 0.2) is 24.3 Å². The second-order valence-electron chi connectivity index (χ2n) is 6.58. The number of hydrogen-bond acceptors (Lipinski definition) is 4. The van der Waals surface area contributed by atoms with Crippen LogP contribution in [-0.4, -0.2) is 68.3 Å². The van der Waals surface area contributed by atoms with Crippen molar-refractivity contribution in [1.82, 2.24) is 9.80 Å². The Morgan fingerprint density at radius 1 is 1.21 bits per heavy atom. The van der Waals surface area contributed by atoms with Gasteiger partial charge in [0.05, 0.1) is 13.7 Å². The zero-order valence-electron chi connectivity index (χ0n) is 15.3. The summed E-state index contributed by atoms with van der Waals surface area (Å²) >= 11 is 0. The van der Waals surface area contributed by atoms with E-state index in [1.807, 2.05) is 29.2 Å². The first-order chi connectivity index (χ1) is 11.5. The van der Waals surface area contributed by atoms with E-state index >= 15 is 0 Å². The molecule has 2 unspecified atom stereocenters. The summed E-state index contributed by atoms with van der Waals surface area (Å²) < 4.78 is 10.4. The quantitative estimate of drug-likeness (QED) is 0.767. The van der Waals surface area contributed by atoms with Gasteiger partial charge < -0.3 is 14.4 Å². The first kappa shape index (κ1) is 18.7. The second kappa shape index (κ2) is 9.04. The van der Waals surface area contributed by atoms with Crippen molar-refractivity contribution in [2.75, 3.05) is 40.5 Å². The second-order valence-corrected chi connectivity index (χ2v) is 6.58. The monoisotopic (exact) mass is 334 g/mol. The molecule has 1 aliphatic heterocycles. The maximum absolute atomic E-state index is 12.6. The lowest BCUT2D eigenvalue weighted by Crippen LogP contribution is -2.58. The zero-order valence-corrected chi connectivity index (χ0v) is 15.3. The number of aryl methyl sites for hydroxylation is 1. The summed E-state index contributed by atoms with van der Waals surface area (Å²) in [6, 6.07) is 8.67. The summed E-state index contributed by atoms with van der Waals surface area (Å²) in [5.41, 5.74) is 1.14. The molecule has 5 nitrogen and oxygen atoms in total. The molecule has 134 valence electrons. The van der Waals surface area contributed by atoms with Crippen molar-refractivity contribution >= 4 is 5.91 Å². The number of piperazine rings is 1. The van der Waals surface area contributed by atoms with Crippen LogP contribution in [0.25, 0.3) is 0 Å². The summed E-state index contributed by atoms with van der Waals surface area (Å²) in [6.07, 6.45) is 1.30. The van der Waals surface area contributed by atoms with Crippen LogP contribution >= 0.6 is 0 Å². The van der Waals surface area contributed by atoms with Gasteiger partial charge in [-0.3, -0.25) is 9.69 Å². The van der Waals surface area contributed by atoms with E-state index in [2.05, 4.69) is 18.7 Å². The third kappa shape index (κ3) is 4.95. The number of benzene rings is 1. The number of amides is 1. The number of carbonyl (C=O) groups excluding carboxylic acids is 1.